The van der Waals surface area contributed by atoms with Crippen molar-refractivity contribution in [3.05, 3.63) is 51.3 Å². The topological polar surface area (TPSA) is 68.2 Å². The predicted molar refractivity (Wildman–Crippen MR) is 124 cm³/mol. The van der Waals surface area contributed by atoms with Crippen molar-refractivity contribution in [3.63, 3.8) is 0 Å². The molecule has 0 N–H and O–H groups in total. The fraction of sp³-hybridized carbons (Fsp3) is 0.286. The molecule has 1 amide bonds. The minimum atomic E-state index is -0.341. The fourth-order valence-corrected chi connectivity index (χ4v) is 4.33. The van der Waals surface area contributed by atoms with E-state index >= 15 is 0 Å². The zero-order valence-corrected chi connectivity index (χ0v) is 19.0. The van der Waals surface area contributed by atoms with Crippen molar-refractivity contribution >= 4 is 63.5 Å². The molecule has 1 aromatic carbocycles. The standard InChI is InChI=1S/C21H21ClN2O4S2/c1-3-4-9-28-19(25)13-30-21-23-17(12-15-6-5-10-29-15)20(26)24(21)14-7-8-18(27-2)16(22)11-14/h5-8,10-12H,3-4,9,13H2,1-2H3/b17-12-. The lowest BCUT2D eigenvalue weighted by Gasteiger charge is -2.18. The zero-order valence-electron chi connectivity index (χ0n) is 16.6. The van der Waals surface area contributed by atoms with Crippen LogP contribution >= 0.6 is 34.7 Å². The number of benzene rings is 1. The SMILES string of the molecule is CCCCOC(=O)CSC1=N/C(=C\c2cccs2)C(=O)N1c1ccc(OC)c(Cl)c1. The number of carbonyl (C=O) groups excluding carboxylic acids is 2. The Kier molecular flexibility index (Phi) is 7.95. The number of thiophene rings is 1. The summed E-state index contributed by atoms with van der Waals surface area (Å²) in [6, 6.07) is 8.87. The van der Waals surface area contributed by atoms with E-state index in [1.165, 1.54) is 23.3 Å². The lowest BCUT2D eigenvalue weighted by molar-refractivity contribution is -0.140. The van der Waals surface area contributed by atoms with Crippen LogP contribution in [0.3, 0.4) is 0 Å². The van der Waals surface area contributed by atoms with E-state index in [4.69, 9.17) is 21.1 Å². The van der Waals surface area contributed by atoms with Crippen molar-refractivity contribution in [2.75, 3.05) is 24.4 Å². The van der Waals surface area contributed by atoms with E-state index in [0.29, 0.717) is 33.9 Å². The summed E-state index contributed by atoms with van der Waals surface area (Å²) in [5, 5.41) is 2.71. The molecular weight excluding hydrogens is 444 g/mol. The fourth-order valence-electron chi connectivity index (χ4n) is 2.62. The highest BCUT2D eigenvalue weighted by atomic mass is 35.5. The molecule has 0 saturated heterocycles. The van der Waals surface area contributed by atoms with Crippen LogP contribution in [-0.2, 0) is 14.3 Å². The number of amides is 1. The number of hydrogen-bond acceptors (Lipinski definition) is 7. The maximum absolute atomic E-state index is 13.1. The lowest BCUT2D eigenvalue weighted by atomic mass is 10.2. The Balaban J connectivity index is 1.84. The van der Waals surface area contributed by atoms with Crippen LogP contribution in [0.5, 0.6) is 5.75 Å². The number of anilines is 1. The molecule has 2 aromatic rings. The summed E-state index contributed by atoms with van der Waals surface area (Å²) in [5.74, 6) is -0.0618. The number of hydrogen-bond donors (Lipinski definition) is 0. The molecule has 30 heavy (non-hydrogen) atoms. The van der Waals surface area contributed by atoms with Crippen molar-refractivity contribution < 1.29 is 19.1 Å². The Hall–Kier alpha value is -2.29. The molecule has 0 aliphatic carbocycles. The number of thioether (sulfide) groups is 1. The van der Waals surface area contributed by atoms with E-state index < -0.39 is 0 Å². The number of aliphatic imine (C=N–C) groups is 1. The van der Waals surface area contributed by atoms with Crippen LogP contribution in [0.1, 0.15) is 24.6 Å². The van der Waals surface area contributed by atoms with Crippen molar-refractivity contribution in [2.45, 2.75) is 19.8 Å². The molecule has 0 spiro atoms. The second-order valence-electron chi connectivity index (χ2n) is 6.26. The normalized spacial score (nSPS) is 14.9. The van der Waals surface area contributed by atoms with Gasteiger partial charge in [-0.15, -0.1) is 11.3 Å². The quantitative estimate of drug-likeness (QED) is 0.304. The number of halogens is 1. The molecule has 1 aliphatic rings. The van der Waals surface area contributed by atoms with Gasteiger partial charge in [-0.05, 0) is 42.1 Å². The van der Waals surface area contributed by atoms with Gasteiger partial charge in [-0.1, -0.05) is 42.8 Å². The molecule has 0 saturated carbocycles. The van der Waals surface area contributed by atoms with E-state index in [1.54, 1.807) is 24.3 Å². The van der Waals surface area contributed by atoms with Gasteiger partial charge in [0.1, 0.15) is 11.4 Å². The van der Waals surface area contributed by atoms with E-state index in [1.807, 2.05) is 24.4 Å². The minimum Gasteiger partial charge on any atom is -0.495 e. The third-order valence-corrected chi connectivity index (χ3v) is 6.15. The van der Waals surface area contributed by atoms with Gasteiger partial charge in [0.25, 0.3) is 5.91 Å². The molecule has 0 bridgehead atoms. The van der Waals surface area contributed by atoms with Crippen LogP contribution in [0.4, 0.5) is 5.69 Å². The predicted octanol–water partition coefficient (Wildman–Crippen LogP) is 5.23. The molecule has 0 fully saturated rings. The van der Waals surface area contributed by atoms with Gasteiger partial charge in [0, 0.05) is 4.88 Å². The van der Waals surface area contributed by atoms with Crippen LogP contribution in [0.25, 0.3) is 6.08 Å². The first-order valence-corrected chi connectivity index (χ1v) is 11.6. The highest BCUT2D eigenvalue weighted by molar-refractivity contribution is 8.14. The smallest absolute Gasteiger partial charge is 0.316 e. The second-order valence-corrected chi connectivity index (χ2v) is 8.59. The third kappa shape index (κ3) is 5.44. The largest absolute Gasteiger partial charge is 0.495 e. The molecule has 3 rings (SSSR count). The molecule has 158 valence electrons. The number of esters is 1. The molecule has 6 nitrogen and oxygen atoms in total. The maximum atomic E-state index is 13.1. The minimum absolute atomic E-state index is 0.0580. The summed E-state index contributed by atoms with van der Waals surface area (Å²) in [6.45, 7) is 2.42. The van der Waals surface area contributed by atoms with Crippen LogP contribution in [-0.4, -0.2) is 36.5 Å². The van der Waals surface area contributed by atoms with Gasteiger partial charge in [-0.25, -0.2) is 4.99 Å². The molecule has 0 radical (unpaired) electrons. The van der Waals surface area contributed by atoms with Crippen LogP contribution in [0.15, 0.2) is 46.4 Å². The van der Waals surface area contributed by atoms with Crippen molar-refractivity contribution in [1.82, 2.24) is 0 Å². The highest BCUT2D eigenvalue weighted by Crippen LogP contribution is 2.34. The Bertz CT molecular complexity index is 973. The monoisotopic (exact) mass is 464 g/mol. The average molecular weight is 465 g/mol. The van der Waals surface area contributed by atoms with Crippen molar-refractivity contribution in [3.8, 4) is 5.75 Å². The third-order valence-electron chi connectivity index (χ3n) is 4.13. The summed E-state index contributed by atoms with van der Waals surface area (Å²) in [4.78, 5) is 32.0. The van der Waals surface area contributed by atoms with Gasteiger partial charge in [-0.2, -0.15) is 0 Å². The zero-order chi connectivity index (χ0) is 21.5. The molecule has 2 heterocycles. The number of methoxy groups -OCH3 is 1. The van der Waals surface area contributed by atoms with Crippen molar-refractivity contribution in [2.24, 2.45) is 4.99 Å². The molecule has 0 unspecified atom stereocenters. The summed E-state index contributed by atoms with van der Waals surface area (Å²) >= 11 is 8.93. The molecular formula is C21H21ClN2O4S2. The first-order chi connectivity index (χ1) is 14.5. The molecule has 1 aromatic heterocycles. The number of nitrogens with zero attached hydrogens (tertiary/aromatic N) is 2. The van der Waals surface area contributed by atoms with Crippen LogP contribution < -0.4 is 9.64 Å². The summed E-state index contributed by atoms with van der Waals surface area (Å²) in [6.07, 6.45) is 3.50. The Labute approximate surface area is 188 Å². The van der Waals surface area contributed by atoms with Crippen LogP contribution in [0.2, 0.25) is 5.02 Å². The van der Waals surface area contributed by atoms with E-state index in [9.17, 15) is 9.59 Å². The lowest BCUT2D eigenvalue weighted by Crippen LogP contribution is -2.31. The van der Waals surface area contributed by atoms with Crippen LogP contribution in [0, 0.1) is 0 Å². The average Bonchev–Trinajstić information content (AvgIpc) is 3.35. The number of carbonyl (C=O) groups is 2. The number of ether oxygens (including phenoxy) is 2. The van der Waals surface area contributed by atoms with Gasteiger partial charge in [0.2, 0.25) is 0 Å². The highest BCUT2D eigenvalue weighted by Gasteiger charge is 2.33. The molecule has 9 heteroatoms. The van der Waals surface area contributed by atoms with Gasteiger partial charge < -0.3 is 9.47 Å². The van der Waals surface area contributed by atoms with Gasteiger partial charge in [0.15, 0.2) is 5.17 Å². The first kappa shape index (κ1) is 22.4. The molecule has 0 atom stereocenters. The van der Waals surface area contributed by atoms with Gasteiger partial charge in [0.05, 0.1) is 30.2 Å². The Morgan fingerprint density at radius 2 is 2.20 bits per heavy atom. The van der Waals surface area contributed by atoms with Gasteiger partial charge in [-0.3, -0.25) is 14.5 Å². The summed E-state index contributed by atoms with van der Waals surface area (Å²) in [5.41, 5.74) is 0.845. The van der Waals surface area contributed by atoms with Gasteiger partial charge >= 0.3 is 5.97 Å². The summed E-state index contributed by atoms with van der Waals surface area (Å²) < 4.78 is 10.4. The first-order valence-electron chi connectivity index (χ1n) is 9.33. The van der Waals surface area contributed by atoms with Crippen molar-refractivity contribution in [1.29, 1.82) is 0 Å². The number of amidine groups is 1. The number of unbranched alkanes of at least 4 members (excludes halogenated alkanes) is 1. The summed E-state index contributed by atoms with van der Waals surface area (Å²) in [7, 11) is 1.52. The van der Waals surface area contributed by atoms with E-state index in [-0.39, 0.29) is 17.6 Å². The van der Waals surface area contributed by atoms with E-state index in [2.05, 4.69) is 4.99 Å². The Morgan fingerprint density at radius 1 is 1.37 bits per heavy atom. The number of rotatable bonds is 8. The van der Waals surface area contributed by atoms with E-state index in [0.717, 1.165) is 29.5 Å². The maximum Gasteiger partial charge on any atom is 0.316 e. The Morgan fingerprint density at radius 3 is 2.87 bits per heavy atom. The molecule has 1 aliphatic heterocycles. The second kappa shape index (κ2) is 10.7.